The van der Waals surface area contributed by atoms with E-state index in [9.17, 15) is 10.1 Å². The van der Waals surface area contributed by atoms with Crippen molar-refractivity contribution in [2.75, 3.05) is 5.43 Å². The number of halogens is 2. The lowest BCUT2D eigenvalue weighted by Crippen LogP contribution is -2.52. The number of hydrazone groups is 1. The lowest BCUT2D eigenvalue weighted by atomic mass is 9.90. The minimum Gasteiger partial charge on any atom is -0.479 e. The van der Waals surface area contributed by atoms with Crippen LogP contribution in [-0.4, -0.2) is 33.2 Å². The second-order valence-corrected chi connectivity index (χ2v) is 10.7. The standard InChI is InChI=1S/C15H18Cl2N2O2.C15H18N4/c1-9(2)15(4,8-18)19-14(20)10(3)21-13-6-5-11(16)7-12(13)17;1-10-7-5-6-8-14(10)13(4)18-19-15-16-11(2)9-12(3)17-15/h5-7,9-10H,1-4H3,(H,19,20);5-9H,1-4H3,(H,16,17,19)/b;18-13-. The molecule has 0 saturated heterocycles. The summed E-state index contributed by atoms with van der Waals surface area (Å²) in [5.74, 6) is 0.494. The van der Waals surface area contributed by atoms with E-state index in [1.165, 1.54) is 11.6 Å². The molecule has 0 aliphatic heterocycles. The third-order valence-corrected chi connectivity index (χ3v) is 6.71. The molecule has 0 bridgehead atoms. The van der Waals surface area contributed by atoms with Crippen molar-refractivity contribution in [2.45, 2.75) is 67.0 Å². The molecule has 3 aromatic rings. The van der Waals surface area contributed by atoms with Crippen LogP contribution >= 0.6 is 23.2 Å². The number of anilines is 1. The Morgan fingerprint density at radius 1 is 1.05 bits per heavy atom. The topological polar surface area (TPSA) is 112 Å². The van der Waals surface area contributed by atoms with Crippen molar-refractivity contribution in [3.63, 3.8) is 0 Å². The van der Waals surface area contributed by atoms with Gasteiger partial charge < -0.3 is 10.1 Å². The Bertz CT molecular complexity index is 1380. The van der Waals surface area contributed by atoms with Gasteiger partial charge in [0.1, 0.15) is 11.3 Å². The highest BCUT2D eigenvalue weighted by molar-refractivity contribution is 6.35. The van der Waals surface area contributed by atoms with E-state index >= 15 is 0 Å². The van der Waals surface area contributed by atoms with Gasteiger partial charge in [0.05, 0.1) is 16.8 Å². The lowest BCUT2D eigenvalue weighted by molar-refractivity contribution is -0.128. The normalized spacial score (nSPS) is 13.3. The molecule has 0 aliphatic rings. The van der Waals surface area contributed by atoms with Crippen LogP contribution in [0.1, 0.15) is 57.1 Å². The molecule has 0 saturated carbocycles. The molecule has 8 nitrogen and oxygen atoms in total. The third-order valence-electron chi connectivity index (χ3n) is 6.18. The summed E-state index contributed by atoms with van der Waals surface area (Å²) >= 11 is 11.8. The molecule has 1 heterocycles. The maximum atomic E-state index is 12.1. The van der Waals surface area contributed by atoms with Crippen LogP contribution in [0.25, 0.3) is 0 Å². The van der Waals surface area contributed by atoms with Gasteiger partial charge in [0.15, 0.2) is 6.10 Å². The van der Waals surface area contributed by atoms with Gasteiger partial charge in [-0.2, -0.15) is 10.4 Å². The highest BCUT2D eigenvalue weighted by Crippen LogP contribution is 2.28. The summed E-state index contributed by atoms with van der Waals surface area (Å²) in [6, 6.07) is 17.0. The zero-order chi connectivity index (χ0) is 30.0. The van der Waals surface area contributed by atoms with Crippen molar-refractivity contribution >= 4 is 40.8 Å². The van der Waals surface area contributed by atoms with Gasteiger partial charge in [-0.3, -0.25) is 4.79 Å². The Kier molecular flexibility index (Phi) is 11.9. The first-order valence-corrected chi connectivity index (χ1v) is 13.5. The largest absolute Gasteiger partial charge is 0.479 e. The SMILES string of the molecule is C/C(=N/Nc1nc(C)cc(C)n1)c1ccccc1C.CC(Oc1ccc(Cl)cc1Cl)C(=O)NC(C)(C#N)C(C)C. The first-order valence-electron chi connectivity index (χ1n) is 12.8. The minimum atomic E-state index is -0.946. The molecule has 0 radical (unpaired) electrons. The lowest BCUT2D eigenvalue weighted by Gasteiger charge is -2.28. The van der Waals surface area contributed by atoms with Gasteiger partial charge in [-0.15, -0.1) is 0 Å². The van der Waals surface area contributed by atoms with Crippen molar-refractivity contribution in [3.8, 4) is 11.8 Å². The van der Waals surface area contributed by atoms with Gasteiger partial charge in [0, 0.05) is 22.0 Å². The van der Waals surface area contributed by atoms with Crippen molar-refractivity contribution in [2.24, 2.45) is 11.0 Å². The molecule has 10 heteroatoms. The number of nitrogens with zero attached hydrogens (tertiary/aromatic N) is 4. The number of hydrogen-bond acceptors (Lipinski definition) is 7. The van der Waals surface area contributed by atoms with Gasteiger partial charge in [-0.25, -0.2) is 15.4 Å². The van der Waals surface area contributed by atoms with E-state index in [1.807, 2.05) is 52.8 Å². The van der Waals surface area contributed by atoms with Crippen molar-refractivity contribution in [3.05, 3.63) is 81.1 Å². The van der Waals surface area contributed by atoms with Gasteiger partial charge in [0.2, 0.25) is 5.95 Å². The Hall–Kier alpha value is -3.67. The number of hydrogen-bond donors (Lipinski definition) is 2. The second-order valence-electron chi connectivity index (χ2n) is 9.89. The zero-order valence-electron chi connectivity index (χ0n) is 24.1. The number of amides is 1. The maximum absolute atomic E-state index is 12.1. The van der Waals surface area contributed by atoms with Gasteiger partial charge in [-0.05, 0) is 77.3 Å². The smallest absolute Gasteiger partial charge is 0.262 e. The minimum absolute atomic E-state index is 0.0298. The Morgan fingerprint density at radius 3 is 2.23 bits per heavy atom. The molecule has 1 amide bonds. The quantitative estimate of drug-likeness (QED) is 0.217. The first kappa shape index (κ1) is 32.5. The molecule has 1 aromatic heterocycles. The number of carbonyl (C=O) groups is 1. The van der Waals surface area contributed by atoms with Gasteiger partial charge in [-0.1, -0.05) is 61.3 Å². The second kappa shape index (κ2) is 14.6. The molecule has 3 rings (SSSR count). The monoisotopic (exact) mass is 582 g/mol. The van der Waals surface area contributed by atoms with E-state index in [0.29, 0.717) is 21.7 Å². The van der Waals surface area contributed by atoms with Crippen molar-refractivity contribution < 1.29 is 9.53 Å². The fraction of sp³-hybridized carbons (Fsp3) is 0.367. The van der Waals surface area contributed by atoms with Crippen LogP contribution < -0.4 is 15.5 Å². The zero-order valence-corrected chi connectivity index (χ0v) is 25.6. The van der Waals surface area contributed by atoms with E-state index in [4.69, 9.17) is 27.9 Å². The predicted octanol–water partition coefficient (Wildman–Crippen LogP) is 7.05. The van der Waals surface area contributed by atoms with Crippen LogP contribution in [0.15, 0.2) is 53.6 Å². The van der Waals surface area contributed by atoms with Gasteiger partial charge in [0.25, 0.3) is 5.91 Å². The summed E-state index contributed by atoms with van der Waals surface area (Å²) in [4.78, 5) is 20.7. The highest BCUT2D eigenvalue weighted by atomic mass is 35.5. The first-order chi connectivity index (χ1) is 18.7. The van der Waals surface area contributed by atoms with Crippen LogP contribution in [-0.2, 0) is 4.79 Å². The van der Waals surface area contributed by atoms with E-state index in [0.717, 1.165) is 22.7 Å². The summed E-state index contributed by atoms with van der Waals surface area (Å²) in [6.07, 6.45) is -0.782. The molecule has 0 fully saturated rings. The highest BCUT2D eigenvalue weighted by Gasteiger charge is 2.32. The fourth-order valence-corrected chi connectivity index (χ4v) is 3.88. The summed E-state index contributed by atoms with van der Waals surface area (Å²) in [7, 11) is 0. The van der Waals surface area contributed by atoms with E-state index in [-0.39, 0.29) is 11.8 Å². The summed E-state index contributed by atoms with van der Waals surface area (Å²) in [5.41, 5.74) is 7.07. The number of benzene rings is 2. The summed E-state index contributed by atoms with van der Waals surface area (Å²) in [6.45, 7) is 14.9. The van der Waals surface area contributed by atoms with Crippen LogP contribution in [0, 0.1) is 38.0 Å². The molecule has 212 valence electrons. The molecular weight excluding hydrogens is 547 g/mol. The molecule has 2 unspecified atom stereocenters. The maximum Gasteiger partial charge on any atom is 0.262 e. The van der Waals surface area contributed by atoms with Crippen LogP contribution in [0.2, 0.25) is 10.0 Å². The average molecular weight is 584 g/mol. The number of aromatic nitrogens is 2. The predicted molar refractivity (Wildman–Crippen MR) is 162 cm³/mol. The number of rotatable bonds is 8. The number of carbonyl (C=O) groups excluding carboxylic acids is 1. The molecule has 2 atom stereocenters. The van der Waals surface area contributed by atoms with Crippen LogP contribution in [0.3, 0.4) is 0 Å². The molecule has 0 spiro atoms. The summed E-state index contributed by atoms with van der Waals surface area (Å²) < 4.78 is 5.52. The molecular formula is C30H36Cl2N6O2. The Morgan fingerprint density at radius 2 is 1.68 bits per heavy atom. The van der Waals surface area contributed by atoms with E-state index in [2.05, 4.69) is 50.9 Å². The molecule has 2 aromatic carbocycles. The Labute approximate surface area is 246 Å². The Balaban J connectivity index is 0.000000281. The number of aryl methyl sites for hydroxylation is 3. The molecule has 2 N–H and O–H groups in total. The van der Waals surface area contributed by atoms with E-state index < -0.39 is 11.6 Å². The van der Waals surface area contributed by atoms with Gasteiger partial charge >= 0.3 is 0 Å². The van der Waals surface area contributed by atoms with Crippen LogP contribution in [0.5, 0.6) is 5.75 Å². The number of ether oxygens (including phenoxy) is 1. The molecule has 0 aliphatic carbocycles. The molecule has 40 heavy (non-hydrogen) atoms. The van der Waals surface area contributed by atoms with E-state index in [1.54, 1.807) is 26.0 Å². The average Bonchev–Trinajstić information content (AvgIpc) is 2.88. The fourth-order valence-electron chi connectivity index (χ4n) is 3.42. The van der Waals surface area contributed by atoms with Crippen molar-refractivity contribution in [1.29, 1.82) is 5.26 Å². The third kappa shape index (κ3) is 9.51. The summed E-state index contributed by atoms with van der Waals surface area (Å²) in [5, 5.41) is 17.1. The van der Waals surface area contributed by atoms with Crippen molar-refractivity contribution in [1.82, 2.24) is 15.3 Å². The number of nitrogens with one attached hydrogen (secondary N) is 2. The van der Waals surface area contributed by atoms with Crippen LogP contribution in [0.4, 0.5) is 5.95 Å². The number of nitriles is 1.